The molecule has 0 bridgehead atoms. The van der Waals surface area contributed by atoms with Crippen LogP contribution in [0.1, 0.15) is 6.42 Å². The first-order valence-electron chi connectivity index (χ1n) is 2.74. The highest BCUT2D eigenvalue weighted by Crippen LogP contribution is 1.81. The Hall–Kier alpha value is -0.190. The van der Waals surface area contributed by atoms with Gasteiger partial charge in [-0.05, 0) is 0 Å². The first-order chi connectivity index (χ1) is 4.27. The van der Waals surface area contributed by atoms with E-state index in [9.17, 15) is 0 Å². The zero-order valence-electron chi connectivity index (χ0n) is 5.17. The fourth-order valence-corrected chi connectivity index (χ4v) is 0.423. The van der Waals surface area contributed by atoms with Crippen molar-refractivity contribution in [3.8, 4) is 0 Å². The Morgan fingerprint density at radius 1 is 1.56 bits per heavy atom. The summed E-state index contributed by atoms with van der Waals surface area (Å²) in [6.45, 7) is 0.926. The Bertz CT molecular complexity index is 87.0. The van der Waals surface area contributed by atoms with Crippen molar-refractivity contribution in [2.45, 2.75) is 6.42 Å². The van der Waals surface area contributed by atoms with Crippen molar-refractivity contribution >= 4 is 17.2 Å². The highest BCUT2D eigenvalue weighted by Gasteiger charge is 1.88. The molecule has 0 heterocycles. The molecule has 0 radical (unpaired) electrons. The molecule has 3 nitrogen and oxygen atoms in total. The van der Waals surface area contributed by atoms with E-state index in [-0.39, 0.29) is 6.61 Å². The van der Waals surface area contributed by atoms with Gasteiger partial charge in [0.15, 0.2) is 0 Å². The molecule has 0 rings (SSSR count). The van der Waals surface area contributed by atoms with Gasteiger partial charge in [0, 0.05) is 6.42 Å². The van der Waals surface area contributed by atoms with Gasteiger partial charge in [0.2, 0.25) is 0 Å². The monoisotopic (exact) mass is 149 g/mol. The lowest BCUT2D eigenvalue weighted by atomic mass is 10.5. The molecule has 0 spiro atoms. The van der Waals surface area contributed by atoms with Gasteiger partial charge >= 0.3 is 0 Å². The summed E-state index contributed by atoms with van der Waals surface area (Å²) in [7, 11) is 0. The maximum Gasteiger partial charge on any atom is 0.0750 e. The minimum Gasteiger partial charge on any atom is -0.394 e. The van der Waals surface area contributed by atoms with Gasteiger partial charge in [-0.1, -0.05) is 12.2 Å². The second-order valence-corrected chi connectivity index (χ2v) is 2.08. The fourth-order valence-electron chi connectivity index (χ4n) is 0.339. The topological polar surface area (TPSA) is 55.5 Å². The van der Waals surface area contributed by atoms with Crippen LogP contribution in [0, 0.1) is 0 Å². The molecule has 9 heavy (non-hydrogen) atoms. The molecule has 0 aliphatic heterocycles. The van der Waals surface area contributed by atoms with E-state index in [0.29, 0.717) is 24.6 Å². The molecule has 0 aromatic rings. The zero-order valence-corrected chi connectivity index (χ0v) is 5.99. The van der Waals surface area contributed by atoms with Gasteiger partial charge in [0.1, 0.15) is 0 Å². The summed E-state index contributed by atoms with van der Waals surface area (Å²) in [6.07, 6.45) is 0.593. The summed E-state index contributed by atoms with van der Waals surface area (Å²) in [4.78, 5) is 0.452. The van der Waals surface area contributed by atoms with Gasteiger partial charge in [0.25, 0.3) is 0 Å². The highest BCUT2D eigenvalue weighted by molar-refractivity contribution is 7.80. The van der Waals surface area contributed by atoms with Crippen molar-refractivity contribution in [2.24, 2.45) is 5.73 Å². The first kappa shape index (κ1) is 8.81. The summed E-state index contributed by atoms with van der Waals surface area (Å²) >= 11 is 4.58. The lowest BCUT2D eigenvalue weighted by Gasteiger charge is -1.98. The van der Waals surface area contributed by atoms with E-state index in [4.69, 9.17) is 15.6 Å². The van der Waals surface area contributed by atoms with Crippen molar-refractivity contribution in [1.82, 2.24) is 0 Å². The van der Waals surface area contributed by atoms with Gasteiger partial charge in [-0.2, -0.15) is 0 Å². The van der Waals surface area contributed by atoms with Crippen LogP contribution in [0.2, 0.25) is 0 Å². The maximum absolute atomic E-state index is 8.24. The van der Waals surface area contributed by atoms with Gasteiger partial charge in [-0.15, -0.1) is 0 Å². The summed E-state index contributed by atoms with van der Waals surface area (Å²) in [6, 6.07) is 0. The molecular weight excluding hydrogens is 138 g/mol. The van der Waals surface area contributed by atoms with Crippen molar-refractivity contribution in [3.63, 3.8) is 0 Å². The SMILES string of the molecule is NC(=S)CCOCCO. The molecule has 0 aromatic carbocycles. The number of nitrogens with two attached hydrogens (primary N) is 1. The number of thiocarbonyl (C=S) groups is 1. The molecule has 54 valence electrons. The predicted octanol–water partition coefficient (Wildman–Crippen LogP) is -0.328. The minimum atomic E-state index is 0.0529. The largest absolute Gasteiger partial charge is 0.394 e. The van der Waals surface area contributed by atoms with Gasteiger partial charge in [0.05, 0.1) is 24.8 Å². The minimum absolute atomic E-state index is 0.0529. The molecule has 0 saturated heterocycles. The van der Waals surface area contributed by atoms with Gasteiger partial charge in [-0.3, -0.25) is 0 Å². The predicted molar refractivity (Wildman–Crippen MR) is 39.3 cm³/mol. The molecule has 4 heteroatoms. The van der Waals surface area contributed by atoms with Crippen LogP contribution in [0.25, 0.3) is 0 Å². The Kier molecular flexibility index (Phi) is 5.81. The maximum atomic E-state index is 8.24. The molecule has 0 aliphatic rings. The number of hydrogen-bond acceptors (Lipinski definition) is 3. The molecule has 0 aromatic heterocycles. The third-order valence-electron chi connectivity index (χ3n) is 0.728. The summed E-state index contributed by atoms with van der Waals surface area (Å²) in [5, 5.41) is 8.24. The van der Waals surface area contributed by atoms with Crippen LogP contribution in [0.5, 0.6) is 0 Å². The van der Waals surface area contributed by atoms with Crippen LogP contribution in [0.4, 0.5) is 0 Å². The average Bonchev–Trinajstić information content (AvgIpc) is 1.80. The standard InChI is InChI=1S/C5H11NO2S/c6-5(9)1-3-8-4-2-7/h7H,1-4H2,(H2,6,9). The Morgan fingerprint density at radius 2 is 2.22 bits per heavy atom. The van der Waals surface area contributed by atoms with E-state index in [0.717, 1.165) is 0 Å². The number of rotatable bonds is 5. The van der Waals surface area contributed by atoms with E-state index < -0.39 is 0 Å². The molecule has 0 atom stereocenters. The number of aliphatic hydroxyl groups excluding tert-OH is 1. The van der Waals surface area contributed by atoms with Crippen LogP contribution >= 0.6 is 12.2 Å². The number of hydrogen-bond donors (Lipinski definition) is 2. The van der Waals surface area contributed by atoms with E-state index in [2.05, 4.69) is 12.2 Å². The van der Waals surface area contributed by atoms with E-state index in [1.807, 2.05) is 0 Å². The van der Waals surface area contributed by atoms with Crippen molar-refractivity contribution < 1.29 is 9.84 Å². The average molecular weight is 149 g/mol. The van der Waals surface area contributed by atoms with E-state index in [1.54, 1.807) is 0 Å². The van der Waals surface area contributed by atoms with E-state index in [1.165, 1.54) is 0 Å². The third-order valence-corrected chi connectivity index (χ3v) is 0.933. The van der Waals surface area contributed by atoms with Crippen LogP contribution < -0.4 is 5.73 Å². The summed E-state index contributed by atoms with van der Waals surface area (Å²) in [5.74, 6) is 0. The highest BCUT2D eigenvalue weighted by atomic mass is 32.1. The van der Waals surface area contributed by atoms with Crippen molar-refractivity contribution in [1.29, 1.82) is 0 Å². The van der Waals surface area contributed by atoms with Crippen molar-refractivity contribution in [2.75, 3.05) is 19.8 Å². The smallest absolute Gasteiger partial charge is 0.0750 e. The first-order valence-corrected chi connectivity index (χ1v) is 3.15. The summed E-state index contributed by atoms with van der Waals surface area (Å²) in [5.41, 5.74) is 5.16. The Balaban J connectivity index is 2.83. The van der Waals surface area contributed by atoms with Gasteiger partial charge in [-0.25, -0.2) is 0 Å². The molecule has 0 amide bonds. The quantitative estimate of drug-likeness (QED) is 0.415. The van der Waals surface area contributed by atoms with Crippen LogP contribution in [0.15, 0.2) is 0 Å². The second kappa shape index (κ2) is 5.94. The summed E-state index contributed by atoms with van der Waals surface area (Å²) < 4.78 is 4.88. The van der Waals surface area contributed by atoms with Crippen LogP contribution in [0.3, 0.4) is 0 Å². The molecule has 0 fully saturated rings. The Labute approximate surface area is 59.8 Å². The van der Waals surface area contributed by atoms with Crippen LogP contribution in [-0.4, -0.2) is 29.9 Å². The second-order valence-electron chi connectivity index (χ2n) is 1.55. The van der Waals surface area contributed by atoms with Crippen molar-refractivity contribution in [3.05, 3.63) is 0 Å². The molecule has 0 saturated carbocycles. The lowest BCUT2D eigenvalue weighted by Crippen LogP contribution is -2.12. The number of aliphatic hydroxyl groups is 1. The molecule has 0 aliphatic carbocycles. The lowest BCUT2D eigenvalue weighted by molar-refractivity contribution is 0.0972. The van der Waals surface area contributed by atoms with E-state index >= 15 is 0 Å². The fraction of sp³-hybridized carbons (Fsp3) is 0.800. The zero-order chi connectivity index (χ0) is 7.11. The Morgan fingerprint density at radius 3 is 2.67 bits per heavy atom. The molecule has 0 unspecified atom stereocenters. The van der Waals surface area contributed by atoms with Crippen LogP contribution in [-0.2, 0) is 4.74 Å². The third kappa shape index (κ3) is 7.81. The number of ether oxygens (including phenoxy) is 1. The van der Waals surface area contributed by atoms with Gasteiger partial charge < -0.3 is 15.6 Å². The molecular formula is C5H11NO2S. The normalized spacial score (nSPS) is 9.44. The molecule has 3 N–H and O–H groups in total.